The zero-order valence-corrected chi connectivity index (χ0v) is 48.3. The number of nitrogens with two attached hydrogens (primary N) is 1. The molecule has 1 saturated carbocycles. The zero-order chi connectivity index (χ0) is 55.4. The summed E-state index contributed by atoms with van der Waals surface area (Å²) in [7, 11) is 2.33. The molecule has 9 heterocycles. The van der Waals surface area contributed by atoms with E-state index in [2.05, 4.69) is 74.2 Å². The first kappa shape index (κ1) is 54.9. The number of thiazole rings is 1. The van der Waals surface area contributed by atoms with Gasteiger partial charge in [0.1, 0.15) is 17.7 Å². The Bertz CT molecular complexity index is 2950. The Kier molecular flexibility index (Phi) is 15.7. The van der Waals surface area contributed by atoms with Crippen LogP contribution in [-0.2, 0) is 9.59 Å². The molecule has 1 aliphatic carbocycles. The number of fused-ring (bicyclic) bond motifs is 2. The van der Waals surface area contributed by atoms with E-state index in [1.54, 1.807) is 22.3 Å². The SMILES string of the molecule is Cc1ncsc1-c1ccc([C@H](C)NC(=O)[C@@H]2C[C@@H](O)CN2C(=O)[C@@H](c2cc(N3CCC(CN4CCC5(CC4)CC(N4CCN(C)[C@@H](CN6C7CCC6CN(c6cc(-c8ccccc8O)nnc6N)C7)C4)C5)CC3)no2)C(C)C)cc1. The number of β-amino-alcohol motifs (C(OH)–C–C–N with tert-alkyl or cyclic N) is 1. The predicted molar refractivity (Wildman–Crippen MR) is 312 cm³/mol. The van der Waals surface area contributed by atoms with Crippen LogP contribution < -0.4 is 20.9 Å². The highest BCUT2D eigenvalue weighted by atomic mass is 32.1. The number of amides is 2. The number of nitrogens with one attached hydrogen (secondary N) is 1. The number of likely N-dealkylation sites (N-methyl/N-ethyl adjacent to an activating group) is 1. The molecule has 2 bridgehead atoms. The number of phenols is 1. The number of aliphatic hydroxyl groups is 1. The summed E-state index contributed by atoms with van der Waals surface area (Å²) in [6.45, 7) is 19.8. The van der Waals surface area contributed by atoms with E-state index in [-0.39, 0.29) is 42.5 Å². The van der Waals surface area contributed by atoms with Crippen LogP contribution in [0.15, 0.2) is 70.7 Å². The number of carbonyl (C=O) groups is 2. The number of aromatic hydroxyl groups is 1. The largest absolute Gasteiger partial charge is 0.507 e. The fourth-order valence-corrected chi connectivity index (χ4v) is 15.7. The summed E-state index contributed by atoms with van der Waals surface area (Å²) >= 11 is 1.61. The molecule has 7 fully saturated rings. The second-order valence-corrected chi connectivity index (χ2v) is 26.1. The van der Waals surface area contributed by atoms with Crippen LogP contribution in [0, 0.1) is 24.2 Å². The maximum atomic E-state index is 14.4. The average molecular weight is 1110 g/mol. The minimum Gasteiger partial charge on any atom is -0.507 e. The third-order valence-electron chi connectivity index (χ3n) is 19.8. The number of aliphatic hydroxyl groups excluding tert-OH is 1. The van der Waals surface area contributed by atoms with Crippen LogP contribution in [0.4, 0.5) is 17.3 Å². The lowest BCUT2D eigenvalue weighted by Crippen LogP contribution is -2.64. The fourth-order valence-electron chi connectivity index (χ4n) is 14.9. The molecule has 2 unspecified atom stereocenters. The highest BCUT2D eigenvalue weighted by molar-refractivity contribution is 7.13. The minimum atomic E-state index is -0.792. The molecular formula is C61H83N13O5S. The summed E-state index contributed by atoms with van der Waals surface area (Å²) < 4.78 is 5.99. The van der Waals surface area contributed by atoms with Crippen LogP contribution in [0.25, 0.3) is 21.7 Å². The van der Waals surface area contributed by atoms with Crippen molar-refractivity contribution in [2.24, 2.45) is 17.3 Å². The van der Waals surface area contributed by atoms with Crippen LogP contribution in [0.5, 0.6) is 5.75 Å². The number of carbonyl (C=O) groups excluding carboxylic acids is 2. The Balaban J connectivity index is 0.581. The van der Waals surface area contributed by atoms with Gasteiger partial charge in [-0.1, -0.05) is 55.4 Å². The van der Waals surface area contributed by atoms with Gasteiger partial charge in [0.2, 0.25) is 11.8 Å². The van der Waals surface area contributed by atoms with Crippen molar-refractivity contribution in [1.82, 2.24) is 50.2 Å². The quantitative estimate of drug-likeness (QED) is 0.0847. The first-order valence-corrected chi connectivity index (χ1v) is 30.6. The number of benzene rings is 2. The van der Waals surface area contributed by atoms with Crippen LogP contribution in [0.2, 0.25) is 0 Å². The fraction of sp³-hybridized carbons (Fsp3) is 0.607. The number of anilines is 3. The number of rotatable bonds is 15. The number of hydrogen-bond acceptors (Lipinski definition) is 17. The van der Waals surface area contributed by atoms with Crippen molar-refractivity contribution in [2.45, 2.75) is 134 Å². The lowest BCUT2D eigenvalue weighted by Gasteiger charge is -2.57. The van der Waals surface area contributed by atoms with Crippen molar-refractivity contribution >= 4 is 40.5 Å². The monoisotopic (exact) mass is 1110 g/mol. The van der Waals surface area contributed by atoms with Crippen molar-refractivity contribution in [2.75, 3.05) is 101 Å². The summed E-state index contributed by atoms with van der Waals surface area (Å²) in [6, 6.07) is 20.5. The summed E-state index contributed by atoms with van der Waals surface area (Å²) in [5.74, 6) is 1.31. The standard InChI is InChI=1S/C61H83N13O5S/c1-38(2)56(60(78)74-36-48(75)26-52(74)59(77)64-39(3)42-10-12-43(13-11-42)57-40(4)63-37-80-57)54-28-55(67-79-54)70-20-16-41(17-21-70)31-69-22-18-61(19-23-69)29-46(30-61)71-25-24-68(5)47(34-71)35-73-44-14-15-45(73)33-72(32-44)51-27-50(65-66-58(51)62)49-8-6-7-9-53(49)76/h6-13,27-28,37-39,41,44-48,52,56,75-76H,14-26,29-36H2,1-5H3,(H2,62,66)(H,64,77)/t39-,44?,45?,47+,48+,52-,56+/m0/s1. The summed E-state index contributed by atoms with van der Waals surface area (Å²) in [4.78, 5) is 51.1. The number of likely N-dealkylation sites (tertiary alicyclic amines) is 2. The van der Waals surface area contributed by atoms with Crippen molar-refractivity contribution in [1.29, 1.82) is 0 Å². The number of para-hydroxylation sites is 1. The van der Waals surface area contributed by atoms with Crippen molar-refractivity contribution < 1.29 is 24.3 Å². The smallest absolute Gasteiger partial charge is 0.243 e. The molecule has 2 amide bonds. The van der Waals surface area contributed by atoms with Gasteiger partial charge < -0.3 is 45.4 Å². The highest BCUT2D eigenvalue weighted by Gasteiger charge is 2.50. The number of piperidine rings is 2. The van der Waals surface area contributed by atoms with Gasteiger partial charge in [0.15, 0.2) is 17.4 Å². The maximum Gasteiger partial charge on any atom is 0.243 e. The second kappa shape index (κ2) is 22.9. The maximum absolute atomic E-state index is 14.4. The number of nitrogens with zero attached hydrogens (tertiary/aromatic N) is 11. The van der Waals surface area contributed by atoms with E-state index in [0.29, 0.717) is 58.3 Å². The highest BCUT2D eigenvalue weighted by Crippen LogP contribution is 2.51. The number of phenolic OH excluding ortho intramolecular Hbond substituents is 1. The zero-order valence-electron chi connectivity index (χ0n) is 47.5. The number of nitrogen functional groups attached to an aromatic ring is 1. The van der Waals surface area contributed by atoms with Crippen molar-refractivity contribution in [3.05, 3.63) is 83.2 Å². The number of hydrogen-bond donors (Lipinski definition) is 4. The molecule has 1 spiro atoms. The van der Waals surface area contributed by atoms with Crippen LogP contribution >= 0.6 is 11.3 Å². The number of aryl methyl sites for hydroxylation is 1. The van der Waals surface area contributed by atoms with Crippen LogP contribution in [0.3, 0.4) is 0 Å². The topological polar surface area (TPSA) is 200 Å². The first-order chi connectivity index (χ1) is 38.7. The molecule has 7 atom stereocenters. The number of piperazine rings is 2. The van der Waals surface area contributed by atoms with Gasteiger partial charge >= 0.3 is 0 Å². The molecule has 0 radical (unpaired) electrons. The van der Waals surface area contributed by atoms with Crippen molar-refractivity contribution in [3.63, 3.8) is 0 Å². The molecule has 80 heavy (non-hydrogen) atoms. The molecule has 12 rings (SSSR count). The van der Waals surface area contributed by atoms with Crippen LogP contribution in [0.1, 0.15) is 108 Å². The van der Waals surface area contributed by atoms with Gasteiger partial charge in [0, 0.05) is 108 Å². The van der Waals surface area contributed by atoms with Gasteiger partial charge in [-0.25, -0.2) is 4.98 Å². The van der Waals surface area contributed by atoms with Gasteiger partial charge in [0.05, 0.1) is 39.6 Å². The Morgan fingerprint density at radius 2 is 1.60 bits per heavy atom. The van der Waals surface area contributed by atoms with E-state index < -0.39 is 18.1 Å². The molecule has 19 heteroatoms. The third kappa shape index (κ3) is 11.2. The molecule has 428 valence electrons. The lowest BCUT2D eigenvalue weighted by molar-refractivity contribution is -0.141. The van der Waals surface area contributed by atoms with Gasteiger partial charge in [0.25, 0.3) is 0 Å². The van der Waals surface area contributed by atoms with Gasteiger partial charge in [-0.3, -0.25) is 24.3 Å². The Labute approximate surface area is 475 Å². The van der Waals surface area contributed by atoms with E-state index in [4.69, 9.17) is 10.3 Å². The van der Waals surface area contributed by atoms with E-state index in [0.717, 1.165) is 105 Å². The molecule has 7 aliphatic rings. The molecule has 5 N–H and O–H groups in total. The molecular weight excluding hydrogens is 1030 g/mol. The predicted octanol–water partition coefficient (Wildman–Crippen LogP) is 6.86. The Hall–Kier alpha value is -5.70. The number of aromatic nitrogens is 4. The minimum absolute atomic E-state index is 0.0970. The van der Waals surface area contributed by atoms with Gasteiger partial charge in [-0.2, -0.15) is 0 Å². The molecule has 6 saturated heterocycles. The Morgan fingerprint density at radius 1 is 0.863 bits per heavy atom. The molecule has 3 aromatic heterocycles. The first-order valence-electron chi connectivity index (χ1n) is 29.8. The van der Waals surface area contributed by atoms with E-state index in [9.17, 15) is 19.8 Å². The van der Waals surface area contributed by atoms with Gasteiger partial charge in [-0.05, 0) is 132 Å². The molecule has 18 nitrogen and oxygen atoms in total. The summed E-state index contributed by atoms with van der Waals surface area (Å²) in [5, 5.41) is 37.7. The van der Waals surface area contributed by atoms with E-state index >= 15 is 0 Å². The molecule has 5 aromatic rings. The molecule has 6 aliphatic heterocycles. The van der Waals surface area contributed by atoms with Crippen LogP contribution in [-0.4, -0.2) is 189 Å². The average Bonchev–Trinajstić information content (AvgIpc) is 4.26. The third-order valence-corrected chi connectivity index (χ3v) is 20.8. The van der Waals surface area contributed by atoms with Gasteiger partial charge in [-0.15, -0.1) is 21.5 Å². The lowest BCUT2D eigenvalue weighted by atomic mass is 9.60. The van der Waals surface area contributed by atoms with E-state index in [1.165, 1.54) is 51.6 Å². The summed E-state index contributed by atoms with van der Waals surface area (Å²) in [6.07, 6.45) is 9.27. The van der Waals surface area contributed by atoms with Crippen molar-refractivity contribution in [3.8, 4) is 27.4 Å². The Morgan fingerprint density at radius 3 is 2.30 bits per heavy atom. The van der Waals surface area contributed by atoms with E-state index in [1.807, 2.05) is 75.7 Å². The normalized spacial score (nSPS) is 26.1. The second-order valence-electron chi connectivity index (χ2n) is 25.3. The molecule has 2 aromatic carbocycles. The summed E-state index contributed by atoms with van der Waals surface area (Å²) in [5.41, 5.74) is 14.1.